The molecular formula is C24H23ClN2O2S. The van der Waals surface area contributed by atoms with Crippen LogP contribution >= 0.6 is 22.9 Å². The number of fused-ring (bicyclic) bond motifs is 1. The molecule has 0 atom stereocenters. The van der Waals surface area contributed by atoms with Crippen LogP contribution in [0.15, 0.2) is 59.7 Å². The second-order valence-corrected chi connectivity index (χ2v) is 9.17. The van der Waals surface area contributed by atoms with Crippen LogP contribution in [0.5, 0.6) is 5.75 Å². The topological polar surface area (TPSA) is 44.1 Å². The summed E-state index contributed by atoms with van der Waals surface area (Å²) in [5.74, 6) is 1.42. The number of nitrogens with zero attached hydrogens (tertiary/aromatic N) is 2. The second-order valence-electron chi connectivity index (χ2n) is 7.68. The van der Waals surface area contributed by atoms with Gasteiger partial charge in [0.15, 0.2) is 0 Å². The van der Waals surface area contributed by atoms with E-state index in [0.29, 0.717) is 21.2 Å². The quantitative estimate of drug-likeness (QED) is 0.351. The number of benzene rings is 2. The van der Waals surface area contributed by atoms with Gasteiger partial charge in [-0.05, 0) is 54.2 Å². The molecule has 30 heavy (non-hydrogen) atoms. The molecular weight excluding hydrogens is 416 g/mol. The van der Waals surface area contributed by atoms with Crippen LogP contribution in [0.2, 0.25) is 5.02 Å². The fraction of sp³-hybridized carbons (Fsp3) is 0.250. The van der Waals surface area contributed by atoms with E-state index in [4.69, 9.17) is 16.3 Å². The lowest BCUT2D eigenvalue weighted by Crippen LogP contribution is -2.17. The van der Waals surface area contributed by atoms with Crippen LogP contribution in [0.1, 0.15) is 25.8 Å². The number of thiophene rings is 1. The van der Waals surface area contributed by atoms with Crippen molar-refractivity contribution in [3.8, 4) is 21.9 Å². The highest BCUT2D eigenvalue weighted by atomic mass is 35.5. The first-order chi connectivity index (χ1) is 14.5. The van der Waals surface area contributed by atoms with E-state index in [1.807, 2.05) is 48.5 Å². The molecule has 0 fully saturated rings. The van der Waals surface area contributed by atoms with Crippen LogP contribution in [0.25, 0.3) is 26.3 Å². The summed E-state index contributed by atoms with van der Waals surface area (Å²) in [6.07, 6.45) is 3.63. The molecule has 0 N–H and O–H groups in total. The van der Waals surface area contributed by atoms with Gasteiger partial charge < -0.3 is 4.74 Å². The number of rotatable bonds is 6. The standard InChI is InChI=1S/C24H23ClN2O2S/c1-15(2)4-5-16-8-11-19(12-21(16)29-3)27-14-26-20-13-22(30-23(20)24(27)28)17-6-9-18(25)10-7-17/h6-15H,4-5H2,1-3H3. The molecule has 0 radical (unpaired) electrons. The summed E-state index contributed by atoms with van der Waals surface area (Å²) in [5.41, 5.74) is 3.54. The summed E-state index contributed by atoms with van der Waals surface area (Å²) in [5, 5.41) is 0.686. The van der Waals surface area contributed by atoms with Crippen molar-refractivity contribution in [2.24, 2.45) is 5.92 Å². The first-order valence-corrected chi connectivity index (χ1v) is 11.1. The van der Waals surface area contributed by atoms with Gasteiger partial charge in [0.25, 0.3) is 5.56 Å². The third kappa shape index (κ3) is 4.13. The predicted octanol–water partition coefficient (Wildman–Crippen LogP) is 6.36. The second kappa shape index (κ2) is 8.62. The Kier molecular flexibility index (Phi) is 5.93. The molecule has 0 unspecified atom stereocenters. The number of methoxy groups -OCH3 is 1. The van der Waals surface area contributed by atoms with Gasteiger partial charge in [-0.15, -0.1) is 11.3 Å². The molecule has 154 valence electrons. The summed E-state index contributed by atoms with van der Waals surface area (Å²) in [4.78, 5) is 18.7. The van der Waals surface area contributed by atoms with Crippen LogP contribution in [-0.4, -0.2) is 16.7 Å². The van der Waals surface area contributed by atoms with E-state index in [0.717, 1.165) is 40.3 Å². The van der Waals surface area contributed by atoms with Gasteiger partial charge in [-0.25, -0.2) is 4.98 Å². The predicted molar refractivity (Wildman–Crippen MR) is 125 cm³/mol. The maximum absolute atomic E-state index is 13.2. The van der Waals surface area contributed by atoms with Crippen molar-refractivity contribution >= 4 is 33.2 Å². The zero-order valence-electron chi connectivity index (χ0n) is 17.2. The van der Waals surface area contributed by atoms with Crippen molar-refractivity contribution in [2.45, 2.75) is 26.7 Å². The van der Waals surface area contributed by atoms with Crippen LogP contribution in [0.4, 0.5) is 0 Å². The molecule has 6 heteroatoms. The maximum atomic E-state index is 13.2. The minimum atomic E-state index is -0.0813. The number of aromatic nitrogens is 2. The van der Waals surface area contributed by atoms with E-state index in [1.165, 1.54) is 11.3 Å². The lowest BCUT2D eigenvalue weighted by atomic mass is 10.0. The summed E-state index contributed by atoms with van der Waals surface area (Å²) in [6.45, 7) is 4.42. The van der Waals surface area contributed by atoms with Gasteiger partial charge in [0, 0.05) is 16.0 Å². The zero-order chi connectivity index (χ0) is 21.3. The molecule has 0 bridgehead atoms. The van der Waals surface area contributed by atoms with E-state index in [2.05, 4.69) is 18.8 Å². The number of halogens is 1. The summed E-state index contributed by atoms with van der Waals surface area (Å²) in [6, 6.07) is 15.5. The van der Waals surface area contributed by atoms with E-state index < -0.39 is 0 Å². The van der Waals surface area contributed by atoms with E-state index in [1.54, 1.807) is 18.0 Å². The first kappa shape index (κ1) is 20.6. The summed E-state index contributed by atoms with van der Waals surface area (Å²) in [7, 11) is 1.67. The van der Waals surface area contributed by atoms with Crippen LogP contribution < -0.4 is 10.3 Å². The Morgan fingerprint density at radius 1 is 1.13 bits per heavy atom. The normalized spacial score (nSPS) is 11.4. The van der Waals surface area contributed by atoms with Gasteiger partial charge in [-0.2, -0.15) is 0 Å². The summed E-state index contributed by atoms with van der Waals surface area (Å²) < 4.78 is 7.81. The maximum Gasteiger partial charge on any atom is 0.275 e. The van der Waals surface area contributed by atoms with E-state index in [9.17, 15) is 4.79 Å². The number of hydrogen-bond donors (Lipinski definition) is 0. The largest absolute Gasteiger partial charge is 0.496 e. The van der Waals surface area contributed by atoms with Gasteiger partial charge in [-0.1, -0.05) is 43.6 Å². The highest BCUT2D eigenvalue weighted by Crippen LogP contribution is 2.32. The Hall–Kier alpha value is -2.63. The molecule has 0 aliphatic rings. The van der Waals surface area contributed by atoms with E-state index in [-0.39, 0.29) is 5.56 Å². The Morgan fingerprint density at radius 2 is 1.90 bits per heavy atom. The molecule has 0 aliphatic carbocycles. The number of aryl methyl sites for hydroxylation is 1. The Labute approximate surface area is 184 Å². The van der Waals surface area contributed by atoms with Crippen LogP contribution in [0, 0.1) is 5.92 Å². The molecule has 0 amide bonds. The van der Waals surface area contributed by atoms with Crippen LogP contribution in [0.3, 0.4) is 0 Å². The smallest absolute Gasteiger partial charge is 0.275 e. The van der Waals surface area contributed by atoms with Crippen molar-refractivity contribution in [3.63, 3.8) is 0 Å². The Morgan fingerprint density at radius 3 is 2.60 bits per heavy atom. The van der Waals surface area contributed by atoms with Crippen molar-refractivity contribution in [3.05, 3.63) is 75.8 Å². The van der Waals surface area contributed by atoms with E-state index >= 15 is 0 Å². The molecule has 0 spiro atoms. The molecule has 0 aliphatic heterocycles. The highest BCUT2D eigenvalue weighted by molar-refractivity contribution is 7.22. The fourth-order valence-corrected chi connectivity index (χ4v) is 4.56. The molecule has 2 aromatic heterocycles. The first-order valence-electron chi connectivity index (χ1n) is 9.90. The SMILES string of the molecule is COc1cc(-n2cnc3cc(-c4ccc(Cl)cc4)sc3c2=O)ccc1CCC(C)C. The lowest BCUT2D eigenvalue weighted by molar-refractivity contribution is 0.407. The fourth-order valence-electron chi connectivity index (χ4n) is 3.39. The molecule has 4 nitrogen and oxygen atoms in total. The average molecular weight is 439 g/mol. The van der Waals surface area contributed by atoms with Crippen LogP contribution in [-0.2, 0) is 6.42 Å². The molecule has 2 aromatic carbocycles. The van der Waals surface area contributed by atoms with Gasteiger partial charge in [0.2, 0.25) is 0 Å². The average Bonchev–Trinajstić information content (AvgIpc) is 3.18. The minimum Gasteiger partial charge on any atom is -0.496 e. The van der Waals surface area contributed by atoms with Crippen molar-refractivity contribution in [1.29, 1.82) is 0 Å². The van der Waals surface area contributed by atoms with Crippen molar-refractivity contribution in [1.82, 2.24) is 9.55 Å². The number of ether oxygens (including phenoxy) is 1. The molecule has 4 aromatic rings. The van der Waals surface area contributed by atoms with Gasteiger partial charge in [0.1, 0.15) is 16.8 Å². The minimum absolute atomic E-state index is 0.0813. The molecule has 0 saturated carbocycles. The molecule has 0 saturated heterocycles. The van der Waals surface area contributed by atoms with Crippen molar-refractivity contribution < 1.29 is 4.74 Å². The molecule has 4 rings (SSSR count). The van der Waals surface area contributed by atoms with Gasteiger partial charge in [-0.3, -0.25) is 9.36 Å². The lowest BCUT2D eigenvalue weighted by Gasteiger charge is -2.13. The Bertz CT molecular complexity index is 1240. The van der Waals surface area contributed by atoms with Crippen molar-refractivity contribution in [2.75, 3.05) is 7.11 Å². The third-order valence-electron chi connectivity index (χ3n) is 5.11. The zero-order valence-corrected chi connectivity index (χ0v) is 18.8. The third-order valence-corrected chi connectivity index (χ3v) is 6.52. The molecule has 2 heterocycles. The Balaban J connectivity index is 1.73. The highest BCUT2D eigenvalue weighted by Gasteiger charge is 2.13. The number of hydrogen-bond acceptors (Lipinski definition) is 4. The summed E-state index contributed by atoms with van der Waals surface area (Å²) >= 11 is 7.44. The van der Waals surface area contributed by atoms with Gasteiger partial charge in [0.05, 0.1) is 18.3 Å². The van der Waals surface area contributed by atoms with Gasteiger partial charge >= 0.3 is 0 Å². The monoisotopic (exact) mass is 438 g/mol.